The molecule has 0 unspecified atom stereocenters. The van der Waals surface area contributed by atoms with E-state index >= 15 is 0 Å². The van der Waals surface area contributed by atoms with Crippen LogP contribution in [0, 0.1) is 13.8 Å². The van der Waals surface area contributed by atoms with Gasteiger partial charge in [0.05, 0.1) is 10.2 Å². The Morgan fingerprint density at radius 1 is 1.10 bits per heavy atom. The normalized spacial score (nSPS) is 14.6. The van der Waals surface area contributed by atoms with Gasteiger partial charge in [-0.3, -0.25) is 4.79 Å². The summed E-state index contributed by atoms with van der Waals surface area (Å²) in [6.07, 6.45) is 0.581. The number of carbonyl (C=O) groups is 1. The summed E-state index contributed by atoms with van der Waals surface area (Å²) in [5, 5.41) is 1.78. The van der Waals surface area contributed by atoms with Crippen LogP contribution in [0.1, 0.15) is 17.5 Å². The van der Waals surface area contributed by atoms with Crippen LogP contribution in [0.3, 0.4) is 0 Å². The summed E-state index contributed by atoms with van der Waals surface area (Å²) >= 11 is 9.67. The molecule has 1 saturated heterocycles. The number of fused-ring (bicyclic) bond motifs is 1. The molecule has 1 amide bonds. The summed E-state index contributed by atoms with van der Waals surface area (Å²) < 4.78 is 1.16. The van der Waals surface area contributed by atoms with E-state index in [1.165, 1.54) is 10.5 Å². The standard InChI is InChI=1S/C22H24ClN3OS2/c1-15-3-5-17(6-4-15)28-14-9-20(27)25-10-12-26(13-11-25)22-24-21-16(2)18(23)7-8-19(21)29-22/h3-8H,9-14H2,1-2H3. The monoisotopic (exact) mass is 445 g/mol. The van der Waals surface area contributed by atoms with Crippen LogP contribution in [0.25, 0.3) is 10.2 Å². The summed E-state index contributed by atoms with van der Waals surface area (Å²) in [6, 6.07) is 12.4. The minimum Gasteiger partial charge on any atom is -0.345 e. The summed E-state index contributed by atoms with van der Waals surface area (Å²) in [5.41, 5.74) is 3.28. The fourth-order valence-electron chi connectivity index (χ4n) is 3.42. The first-order chi connectivity index (χ1) is 14.0. The van der Waals surface area contributed by atoms with Crippen molar-refractivity contribution in [3.05, 3.63) is 52.5 Å². The lowest BCUT2D eigenvalue weighted by molar-refractivity contribution is -0.131. The largest absolute Gasteiger partial charge is 0.345 e. The van der Waals surface area contributed by atoms with Crippen molar-refractivity contribution >= 4 is 56.0 Å². The van der Waals surface area contributed by atoms with Crippen molar-refractivity contribution in [2.45, 2.75) is 25.2 Å². The van der Waals surface area contributed by atoms with Gasteiger partial charge in [-0.1, -0.05) is 40.6 Å². The van der Waals surface area contributed by atoms with E-state index < -0.39 is 0 Å². The number of amides is 1. The highest BCUT2D eigenvalue weighted by atomic mass is 35.5. The smallest absolute Gasteiger partial charge is 0.223 e. The van der Waals surface area contributed by atoms with Crippen LogP contribution in [0.2, 0.25) is 5.02 Å². The molecule has 1 fully saturated rings. The van der Waals surface area contributed by atoms with Gasteiger partial charge in [0.15, 0.2) is 5.13 Å². The molecule has 0 bridgehead atoms. The zero-order valence-corrected chi connectivity index (χ0v) is 19.0. The number of aryl methyl sites for hydroxylation is 2. The van der Waals surface area contributed by atoms with Crippen LogP contribution in [-0.2, 0) is 4.79 Å². The third kappa shape index (κ3) is 4.71. The van der Waals surface area contributed by atoms with Gasteiger partial charge < -0.3 is 9.80 Å². The van der Waals surface area contributed by atoms with E-state index in [-0.39, 0.29) is 5.91 Å². The molecule has 0 saturated carbocycles. The fraction of sp³-hybridized carbons (Fsp3) is 0.364. The molecule has 0 N–H and O–H groups in total. The minimum atomic E-state index is 0.246. The summed E-state index contributed by atoms with van der Waals surface area (Å²) in [5.74, 6) is 1.07. The van der Waals surface area contributed by atoms with Gasteiger partial charge in [-0.2, -0.15) is 0 Å². The molecule has 2 aromatic carbocycles. The summed E-state index contributed by atoms with van der Waals surface area (Å²) in [7, 11) is 0. The number of benzene rings is 2. The molecule has 2 heterocycles. The van der Waals surface area contributed by atoms with Crippen molar-refractivity contribution in [1.29, 1.82) is 0 Å². The van der Waals surface area contributed by atoms with Gasteiger partial charge in [-0.05, 0) is 43.7 Å². The van der Waals surface area contributed by atoms with Gasteiger partial charge in [-0.15, -0.1) is 11.8 Å². The first kappa shape index (κ1) is 20.5. The SMILES string of the molecule is Cc1ccc(SCCC(=O)N2CCN(c3nc4c(C)c(Cl)ccc4s3)CC2)cc1. The van der Waals surface area contributed by atoms with Gasteiger partial charge in [0.25, 0.3) is 0 Å². The Kier molecular flexibility index (Phi) is 6.32. The van der Waals surface area contributed by atoms with Crippen LogP contribution in [0.4, 0.5) is 5.13 Å². The number of halogens is 1. The third-order valence-electron chi connectivity index (χ3n) is 5.25. The minimum absolute atomic E-state index is 0.246. The Bertz CT molecular complexity index is 1010. The third-order valence-corrected chi connectivity index (χ3v) is 7.75. The van der Waals surface area contributed by atoms with E-state index in [2.05, 4.69) is 36.1 Å². The van der Waals surface area contributed by atoms with E-state index in [0.29, 0.717) is 6.42 Å². The topological polar surface area (TPSA) is 36.4 Å². The number of nitrogens with zero attached hydrogens (tertiary/aromatic N) is 3. The molecule has 0 aliphatic carbocycles. The fourth-order valence-corrected chi connectivity index (χ4v) is 5.49. The van der Waals surface area contributed by atoms with E-state index in [4.69, 9.17) is 16.6 Å². The Hall–Kier alpha value is -1.76. The molecule has 0 spiro atoms. The number of aromatic nitrogens is 1. The first-order valence-electron chi connectivity index (χ1n) is 9.79. The molecule has 1 aliphatic rings. The van der Waals surface area contributed by atoms with Crippen molar-refractivity contribution in [3.8, 4) is 0 Å². The molecule has 152 valence electrons. The molecule has 4 rings (SSSR count). The van der Waals surface area contributed by atoms with Gasteiger partial charge in [0, 0.05) is 48.3 Å². The molecule has 4 nitrogen and oxygen atoms in total. The van der Waals surface area contributed by atoms with E-state index in [1.807, 2.05) is 24.0 Å². The molecule has 0 radical (unpaired) electrons. The molecule has 7 heteroatoms. The maximum Gasteiger partial charge on any atom is 0.223 e. The van der Waals surface area contributed by atoms with Crippen LogP contribution >= 0.6 is 34.7 Å². The number of thioether (sulfide) groups is 1. The van der Waals surface area contributed by atoms with Gasteiger partial charge in [0.1, 0.15) is 0 Å². The van der Waals surface area contributed by atoms with Crippen LogP contribution in [0.5, 0.6) is 0 Å². The zero-order valence-electron chi connectivity index (χ0n) is 16.7. The molecular weight excluding hydrogens is 422 g/mol. The van der Waals surface area contributed by atoms with Crippen molar-refractivity contribution in [2.24, 2.45) is 0 Å². The zero-order chi connectivity index (χ0) is 20.4. The van der Waals surface area contributed by atoms with Crippen molar-refractivity contribution < 1.29 is 4.79 Å². The lowest BCUT2D eigenvalue weighted by Gasteiger charge is -2.34. The molecule has 3 aromatic rings. The maximum absolute atomic E-state index is 12.6. The van der Waals surface area contributed by atoms with E-state index in [0.717, 1.165) is 57.9 Å². The van der Waals surface area contributed by atoms with Crippen molar-refractivity contribution in [1.82, 2.24) is 9.88 Å². The van der Waals surface area contributed by atoms with Crippen LogP contribution in [0.15, 0.2) is 41.3 Å². The van der Waals surface area contributed by atoms with Gasteiger partial charge >= 0.3 is 0 Å². The predicted octanol–water partition coefficient (Wildman–Crippen LogP) is 5.40. The van der Waals surface area contributed by atoms with Crippen molar-refractivity contribution in [3.63, 3.8) is 0 Å². The number of anilines is 1. The second-order valence-electron chi connectivity index (χ2n) is 7.29. The number of piperazine rings is 1. The van der Waals surface area contributed by atoms with Crippen LogP contribution < -0.4 is 4.90 Å². The Balaban J connectivity index is 1.29. The molecule has 1 aliphatic heterocycles. The average Bonchev–Trinajstić information content (AvgIpc) is 3.17. The molecule has 29 heavy (non-hydrogen) atoms. The van der Waals surface area contributed by atoms with Crippen molar-refractivity contribution in [2.75, 3.05) is 36.8 Å². The Labute approximate surface area is 184 Å². The summed E-state index contributed by atoms with van der Waals surface area (Å²) in [6.45, 7) is 7.25. The lowest BCUT2D eigenvalue weighted by atomic mass is 10.2. The number of carbonyl (C=O) groups excluding carboxylic acids is 1. The highest BCUT2D eigenvalue weighted by Gasteiger charge is 2.23. The first-order valence-corrected chi connectivity index (χ1v) is 12.0. The van der Waals surface area contributed by atoms with Crippen LogP contribution in [-0.4, -0.2) is 47.7 Å². The molecule has 1 aromatic heterocycles. The number of rotatable bonds is 5. The van der Waals surface area contributed by atoms with Gasteiger partial charge in [-0.25, -0.2) is 4.98 Å². The quantitative estimate of drug-likeness (QED) is 0.493. The Morgan fingerprint density at radius 3 is 2.55 bits per heavy atom. The maximum atomic E-state index is 12.6. The predicted molar refractivity (Wildman–Crippen MR) is 125 cm³/mol. The number of hydrogen-bond acceptors (Lipinski definition) is 5. The molecular formula is C22H24ClN3OS2. The number of thiazole rings is 1. The Morgan fingerprint density at radius 2 is 1.83 bits per heavy atom. The highest BCUT2D eigenvalue weighted by molar-refractivity contribution is 7.99. The lowest BCUT2D eigenvalue weighted by Crippen LogP contribution is -2.48. The number of hydrogen-bond donors (Lipinski definition) is 0. The van der Waals surface area contributed by atoms with Gasteiger partial charge in [0.2, 0.25) is 5.91 Å². The van der Waals surface area contributed by atoms with E-state index in [9.17, 15) is 4.79 Å². The average molecular weight is 446 g/mol. The second-order valence-corrected chi connectivity index (χ2v) is 9.88. The summed E-state index contributed by atoms with van der Waals surface area (Å²) in [4.78, 5) is 22.9. The highest BCUT2D eigenvalue weighted by Crippen LogP contribution is 2.33. The molecule has 0 atom stereocenters. The van der Waals surface area contributed by atoms with E-state index in [1.54, 1.807) is 23.1 Å². The second kappa shape index (κ2) is 8.94.